The number of hydrogen-bond donors (Lipinski definition) is 1. The average Bonchev–Trinajstić information content (AvgIpc) is 2.96. The molecule has 27 heavy (non-hydrogen) atoms. The summed E-state index contributed by atoms with van der Waals surface area (Å²) in [5, 5.41) is 0. The predicted molar refractivity (Wildman–Crippen MR) is 111 cm³/mol. The maximum Gasteiger partial charge on any atom is 0.203 e. The van der Waals surface area contributed by atoms with Crippen LogP contribution in [0.3, 0.4) is 0 Å². The monoisotopic (exact) mass is 446 g/mol. The molecule has 0 saturated carbocycles. The number of amidine groups is 1. The molecule has 2 heterocycles. The second-order valence-electron chi connectivity index (χ2n) is 6.41. The average molecular weight is 447 g/mol. The Morgan fingerprint density at radius 2 is 1.96 bits per heavy atom. The topological polar surface area (TPSA) is 80.3 Å². The fourth-order valence-corrected chi connectivity index (χ4v) is 4.37. The second-order valence-corrected chi connectivity index (χ2v) is 8.30. The first-order chi connectivity index (χ1) is 13.0. The number of nitrogens with two attached hydrogens (primary N) is 1. The highest BCUT2D eigenvalue weighted by atomic mass is 79.9. The van der Waals surface area contributed by atoms with Crippen molar-refractivity contribution in [2.45, 2.75) is 12.0 Å². The van der Waals surface area contributed by atoms with Gasteiger partial charge in [0, 0.05) is 23.8 Å². The van der Waals surface area contributed by atoms with Crippen LogP contribution in [0.2, 0.25) is 0 Å². The van der Waals surface area contributed by atoms with Crippen molar-refractivity contribution in [2.75, 3.05) is 19.3 Å². The third-order valence-corrected chi connectivity index (χ3v) is 5.57. The van der Waals surface area contributed by atoms with E-state index >= 15 is 0 Å². The van der Waals surface area contributed by atoms with E-state index in [-0.39, 0.29) is 0 Å². The highest BCUT2D eigenvalue weighted by Gasteiger charge is 2.49. The highest BCUT2D eigenvalue weighted by molar-refractivity contribution is 9.10. The van der Waals surface area contributed by atoms with Crippen LogP contribution in [-0.4, -0.2) is 40.2 Å². The molecular formula is C19H19BrN4O2S. The first-order valence-corrected chi connectivity index (χ1v) is 10.8. The van der Waals surface area contributed by atoms with Crippen molar-refractivity contribution < 1.29 is 8.39 Å². The van der Waals surface area contributed by atoms with E-state index in [1.807, 2.05) is 47.4 Å². The summed E-state index contributed by atoms with van der Waals surface area (Å²) < 4.78 is 17.9. The van der Waals surface area contributed by atoms with Gasteiger partial charge in [-0.15, -0.1) is 0 Å². The van der Waals surface area contributed by atoms with Crippen molar-refractivity contribution >= 4 is 38.8 Å². The third-order valence-electron chi connectivity index (χ3n) is 4.65. The molecule has 2 N–H and O–H groups in total. The van der Waals surface area contributed by atoms with Gasteiger partial charge in [0.2, 0.25) is 11.1 Å². The van der Waals surface area contributed by atoms with E-state index < -0.39 is 16.6 Å². The van der Waals surface area contributed by atoms with Crippen LogP contribution in [0.25, 0.3) is 0 Å². The number of hydrogen-bond acceptors (Lipinski definition) is 6. The smallest absolute Gasteiger partial charge is 0.203 e. The number of nitrogens with zero attached hydrogens (tertiary/aromatic N) is 3. The van der Waals surface area contributed by atoms with Crippen molar-refractivity contribution in [1.82, 2.24) is 4.90 Å². The minimum Gasteiger partial charge on any atom is -0.401 e. The van der Waals surface area contributed by atoms with Crippen LogP contribution in [0.15, 0.2) is 63.0 Å². The van der Waals surface area contributed by atoms with Crippen molar-refractivity contribution in [3.63, 3.8) is 0 Å². The molecule has 140 valence electrons. The SMILES string of the molecule is CS(=O)Oc1cccc(C2(c3cccc(Br)c3)N=C(N)N3CCCN=C32)c1. The van der Waals surface area contributed by atoms with Crippen molar-refractivity contribution in [3.05, 3.63) is 64.1 Å². The van der Waals surface area contributed by atoms with Crippen LogP contribution in [0, 0.1) is 0 Å². The van der Waals surface area contributed by atoms with Crippen LogP contribution in [-0.2, 0) is 16.6 Å². The van der Waals surface area contributed by atoms with E-state index in [2.05, 4.69) is 15.9 Å². The quantitative estimate of drug-likeness (QED) is 0.782. The fraction of sp³-hybridized carbons (Fsp3) is 0.263. The van der Waals surface area contributed by atoms with Crippen LogP contribution in [0.4, 0.5) is 0 Å². The van der Waals surface area contributed by atoms with Gasteiger partial charge in [-0.25, -0.2) is 9.20 Å². The zero-order chi connectivity index (χ0) is 19.0. The van der Waals surface area contributed by atoms with Crippen LogP contribution in [0.1, 0.15) is 17.5 Å². The minimum absolute atomic E-state index is 0.457. The van der Waals surface area contributed by atoms with Gasteiger partial charge in [-0.2, -0.15) is 0 Å². The largest absolute Gasteiger partial charge is 0.401 e. The molecule has 2 aliphatic rings. The van der Waals surface area contributed by atoms with Gasteiger partial charge in [0.15, 0.2) is 11.5 Å². The van der Waals surface area contributed by atoms with E-state index in [4.69, 9.17) is 19.9 Å². The van der Waals surface area contributed by atoms with Gasteiger partial charge in [-0.3, -0.25) is 9.89 Å². The lowest BCUT2D eigenvalue weighted by Crippen LogP contribution is -2.46. The lowest BCUT2D eigenvalue weighted by Gasteiger charge is -2.33. The van der Waals surface area contributed by atoms with Crippen LogP contribution >= 0.6 is 15.9 Å². The molecule has 2 aliphatic heterocycles. The molecule has 0 fully saturated rings. The Kier molecular flexibility index (Phi) is 4.77. The Hall–Kier alpha value is -2.19. The number of aliphatic imine (C=N–C) groups is 2. The Morgan fingerprint density at radius 3 is 2.70 bits per heavy atom. The molecule has 0 aromatic heterocycles. The van der Waals surface area contributed by atoms with Gasteiger partial charge < -0.3 is 9.92 Å². The molecule has 2 unspecified atom stereocenters. The van der Waals surface area contributed by atoms with Crippen molar-refractivity contribution in [2.24, 2.45) is 15.7 Å². The minimum atomic E-state index is -1.41. The Balaban J connectivity index is 1.96. The molecule has 0 radical (unpaired) electrons. The summed E-state index contributed by atoms with van der Waals surface area (Å²) in [6, 6.07) is 15.5. The van der Waals surface area contributed by atoms with Gasteiger partial charge in [0.25, 0.3) is 0 Å². The Labute approximate surface area is 168 Å². The summed E-state index contributed by atoms with van der Waals surface area (Å²) in [4.78, 5) is 11.7. The lowest BCUT2D eigenvalue weighted by atomic mass is 9.82. The summed E-state index contributed by atoms with van der Waals surface area (Å²) >= 11 is 2.15. The summed E-state index contributed by atoms with van der Waals surface area (Å²) in [6.07, 6.45) is 2.43. The van der Waals surface area contributed by atoms with Crippen molar-refractivity contribution in [1.29, 1.82) is 0 Å². The van der Waals surface area contributed by atoms with Crippen LogP contribution in [0.5, 0.6) is 5.75 Å². The number of halogens is 1. The summed E-state index contributed by atoms with van der Waals surface area (Å²) in [7, 11) is 0. The zero-order valence-corrected chi connectivity index (χ0v) is 17.2. The maximum atomic E-state index is 11.5. The van der Waals surface area contributed by atoms with Gasteiger partial charge in [0.1, 0.15) is 11.6 Å². The van der Waals surface area contributed by atoms with Gasteiger partial charge >= 0.3 is 0 Å². The number of benzene rings is 2. The predicted octanol–water partition coefficient (Wildman–Crippen LogP) is 2.80. The van der Waals surface area contributed by atoms with Gasteiger partial charge in [-0.05, 0) is 41.8 Å². The summed E-state index contributed by atoms with van der Waals surface area (Å²) in [5.41, 5.74) is 7.27. The number of guanidine groups is 1. The standard InChI is InChI=1S/C19H19BrN4O2S/c1-27(25)26-16-8-3-6-14(12-16)19(13-5-2-7-15(20)11-13)17-22-9-4-10-24(17)18(21)23-19/h2-3,5-8,11-12H,4,9-10H2,1H3,(H2,21,23). The maximum absolute atomic E-state index is 11.5. The molecule has 0 aliphatic carbocycles. The molecule has 0 saturated heterocycles. The molecule has 8 heteroatoms. The normalized spacial score (nSPS) is 22.7. The molecule has 6 nitrogen and oxygen atoms in total. The third kappa shape index (κ3) is 3.17. The van der Waals surface area contributed by atoms with E-state index in [0.717, 1.165) is 40.9 Å². The molecule has 4 rings (SSSR count). The molecule has 0 bridgehead atoms. The molecule has 0 spiro atoms. The number of fused-ring (bicyclic) bond motifs is 1. The summed E-state index contributed by atoms with van der Waals surface area (Å²) in [6.45, 7) is 1.53. The first kappa shape index (κ1) is 18.2. The van der Waals surface area contributed by atoms with E-state index in [1.54, 1.807) is 6.07 Å². The highest BCUT2D eigenvalue weighted by Crippen LogP contribution is 2.42. The fourth-order valence-electron chi connectivity index (χ4n) is 3.60. The first-order valence-electron chi connectivity index (χ1n) is 8.57. The molecule has 2 aromatic rings. The van der Waals surface area contributed by atoms with Gasteiger partial charge in [0.05, 0.1) is 0 Å². The zero-order valence-electron chi connectivity index (χ0n) is 14.8. The van der Waals surface area contributed by atoms with E-state index in [9.17, 15) is 4.21 Å². The Morgan fingerprint density at radius 1 is 1.22 bits per heavy atom. The lowest BCUT2D eigenvalue weighted by molar-refractivity contribution is 0.530. The molecule has 2 atom stereocenters. The Bertz CT molecular complexity index is 978. The molecule has 2 aromatic carbocycles. The number of rotatable bonds is 4. The van der Waals surface area contributed by atoms with Crippen molar-refractivity contribution in [3.8, 4) is 5.75 Å². The van der Waals surface area contributed by atoms with Crippen LogP contribution < -0.4 is 9.92 Å². The van der Waals surface area contributed by atoms with Gasteiger partial charge in [-0.1, -0.05) is 40.2 Å². The second kappa shape index (κ2) is 7.09. The van der Waals surface area contributed by atoms with E-state index in [0.29, 0.717) is 11.7 Å². The molecular weight excluding hydrogens is 428 g/mol. The summed E-state index contributed by atoms with van der Waals surface area (Å²) in [5.74, 6) is 1.80. The van der Waals surface area contributed by atoms with E-state index in [1.165, 1.54) is 6.26 Å². The molecule has 0 amide bonds.